The monoisotopic (exact) mass is 195 g/mol. The molecular formula is C9H17N5. The van der Waals surface area contributed by atoms with Gasteiger partial charge in [0.2, 0.25) is 0 Å². The smallest absolute Gasteiger partial charge is 0.152 e. The highest BCUT2D eigenvalue weighted by Crippen LogP contribution is 2.09. The second kappa shape index (κ2) is 4.50. The van der Waals surface area contributed by atoms with Gasteiger partial charge < -0.3 is 5.32 Å². The third-order valence-electron chi connectivity index (χ3n) is 2.63. The molecule has 1 aromatic heterocycles. The zero-order valence-electron chi connectivity index (χ0n) is 8.61. The Labute approximate surface area is 83.9 Å². The predicted molar refractivity (Wildman–Crippen MR) is 52.8 cm³/mol. The molecule has 1 aliphatic heterocycles. The second-order valence-corrected chi connectivity index (χ2v) is 3.82. The SMILES string of the molecule is CCCn1nnnc1CC1CCCN1. The van der Waals surface area contributed by atoms with Crippen LogP contribution < -0.4 is 5.32 Å². The molecule has 1 aliphatic rings. The Morgan fingerprint density at radius 1 is 1.57 bits per heavy atom. The molecule has 0 aromatic carbocycles. The summed E-state index contributed by atoms with van der Waals surface area (Å²) in [7, 11) is 0. The van der Waals surface area contributed by atoms with Gasteiger partial charge in [0.15, 0.2) is 5.82 Å². The van der Waals surface area contributed by atoms with Crippen molar-refractivity contribution in [3.63, 3.8) is 0 Å². The Kier molecular flexibility index (Phi) is 3.08. The van der Waals surface area contributed by atoms with Crippen LogP contribution in [0.5, 0.6) is 0 Å². The summed E-state index contributed by atoms with van der Waals surface area (Å²) in [6.45, 7) is 4.20. The number of hydrogen-bond donors (Lipinski definition) is 1. The molecule has 1 N–H and O–H groups in total. The summed E-state index contributed by atoms with van der Waals surface area (Å²) in [5.74, 6) is 1.02. The first-order valence-electron chi connectivity index (χ1n) is 5.38. The molecule has 0 amide bonds. The molecule has 1 aromatic rings. The van der Waals surface area contributed by atoms with E-state index < -0.39 is 0 Å². The van der Waals surface area contributed by atoms with Gasteiger partial charge in [0.1, 0.15) is 0 Å². The van der Waals surface area contributed by atoms with E-state index in [9.17, 15) is 0 Å². The lowest BCUT2D eigenvalue weighted by atomic mass is 10.1. The van der Waals surface area contributed by atoms with E-state index in [0.717, 1.165) is 31.8 Å². The van der Waals surface area contributed by atoms with Gasteiger partial charge in [-0.2, -0.15) is 0 Å². The average Bonchev–Trinajstić information content (AvgIpc) is 2.80. The second-order valence-electron chi connectivity index (χ2n) is 3.82. The summed E-state index contributed by atoms with van der Waals surface area (Å²) in [6.07, 6.45) is 4.57. The lowest BCUT2D eigenvalue weighted by Crippen LogP contribution is -2.25. The van der Waals surface area contributed by atoms with Crippen LogP contribution in [0.1, 0.15) is 32.0 Å². The van der Waals surface area contributed by atoms with E-state index in [1.807, 2.05) is 4.68 Å². The molecule has 2 rings (SSSR count). The quantitative estimate of drug-likeness (QED) is 0.754. The van der Waals surface area contributed by atoms with Crippen molar-refractivity contribution >= 4 is 0 Å². The Hall–Kier alpha value is -0.970. The Morgan fingerprint density at radius 3 is 3.21 bits per heavy atom. The van der Waals surface area contributed by atoms with Crippen molar-refractivity contribution in [2.24, 2.45) is 0 Å². The normalized spacial score (nSPS) is 21.6. The first kappa shape index (κ1) is 9.58. The number of rotatable bonds is 4. The molecule has 0 bridgehead atoms. The summed E-state index contributed by atoms with van der Waals surface area (Å²) in [6, 6.07) is 0.580. The number of nitrogens with zero attached hydrogens (tertiary/aromatic N) is 4. The molecule has 5 nitrogen and oxygen atoms in total. The van der Waals surface area contributed by atoms with Gasteiger partial charge in [-0.15, -0.1) is 5.10 Å². The Morgan fingerprint density at radius 2 is 2.50 bits per heavy atom. The van der Waals surface area contributed by atoms with Crippen LogP contribution in [-0.4, -0.2) is 32.8 Å². The summed E-state index contributed by atoms with van der Waals surface area (Å²) in [5.41, 5.74) is 0. The van der Waals surface area contributed by atoms with Crippen molar-refractivity contribution in [2.45, 2.75) is 45.2 Å². The van der Waals surface area contributed by atoms with Crippen LogP contribution >= 0.6 is 0 Å². The van der Waals surface area contributed by atoms with Crippen LogP contribution in [0.4, 0.5) is 0 Å². The molecule has 0 aliphatic carbocycles. The van der Waals surface area contributed by atoms with Crippen molar-refractivity contribution in [1.29, 1.82) is 0 Å². The maximum absolute atomic E-state index is 4.06. The molecule has 1 atom stereocenters. The molecule has 14 heavy (non-hydrogen) atoms. The molecule has 0 saturated carbocycles. The van der Waals surface area contributed by atoms with Gasteiger partial charge >= 0.3 is 0 Å². The number of nitrogens with one attached hydrogen (secondary N) is 1. The lowest BCUT2D eigenvalue weighted by Gasteiger charge is -2.08. The third kappa shape index (κ3) is 2.09. The van der Waals surface area contributed by atoms with Crippen molar-refractivity contribution < 1.29 is 0 Å². The van der Waals surface area contributed by atoms with Crippen molar-refractivity contribution in [1.82, 2.24) is 25.5 Å². The molecular weight excluding hydrogens is 178 g/mol. The fraction of sp³-hybridized carbons (Fsp3) is 0.889. The summed E-state index contributed by atoms with van der Waals surface area (Å²) in [4.78, 5) is 0. The van der Waals surface area contributed by atoms with Gasteiger partial charge in [-0.3, -0.25) is 0 Å². The van der Waals surface area contributed by atoms with E-state index in [4.69, 9.17) is 0 Å². The fourth-order valence-electron chi connectivity index (χ4n) is 1.91. The van der Waals surface area contributed by atoms with Crippen LogP contribution in [0, 0.1) is 0 Å². The molecule has 78 valence electrons. The van der Waals surface area contributed by atoms with Crippen LogP contribution in [0.15, 0.2) is 0 Å². The van der Waals surface area contributed by atoms with Gasteiger partial charge in [-0.1, -0.05) is 6.92 Å². The Balaban J connectivity index is 1.96. The third-order valence-corrected chi connectivity index (χ3v) is 2.63. The lowest BCUT2D eigenvalue weighted by molar-refractivity contribution is 0.517. The highest BCUT2D eigenvalue weighted by molar-refractivity contribution is 4.89. The van der Waals surface area contributed by atoms with Crippen LogP contribution in [0.2, 0.25) is 0 Å². The van der Waals surface area contributed by atoms with Gasteiger partial charge in [0.05, 0.1) is 0 Å². The van der Waals surface area contributed by atoms with E-state index in [-0.39, 0.29) is 0 Å². The Bertz CT molecular complexity index is 276. The number of aromatic nitrogens is 4. The maximum Gasteiger partial charge on any atom is 0.152 e. The minimum absolute atomic E-state index is 0.580. The van der Waals surface area contributed by atoms with Crippen molar-refractivity contribution in [3.8, 4) is 0 Å². The molecule has 1 unspecified atom stereocenters. The molecule has 5 heteroatoms. The minimum Gasteiger partial charge on any atom is -0.314 e. The van der Waals surface area contributed by atoms with Gasteiger partial charge in [0, 0.05) is 19.0 Å². The largest absolute Gasteiger partial charge is 0.314 e. The van der Waals surface area contributed by atoms with Gasteiger partial charge in [-0.05, 0) is 36.2 Å². The topological polar surface area (TPSA) is 55.6 Å². The summed E-state index contributed by atoms with van der Waals surface area (Å²) >= 11 is 0. The minimum atomic E-state index is 0.580. The predicted octanol–water partition coefficient (Wildman–Crippen LogP) is 0.378. The molecule has 0 spiro atoms. The van der Waals surface area contributed by atoms with Crippen LogP contribution in [-0.2, 0) is 13.0 Å². The van der Waals surface area contributed by atoms with E-state index in [1.54, 1.807) is 0 Å². The van der Waals surface area contributed by atoms with Gasteiger partial charge in [0.25, 0.3) is 0 Å². The first-order chi connectivity index (χ1) is 6.90. The summed E-state index contributed by atoms with van der Waals surface area (Å²) in [5, 5.41) is 15.2. The zero-order chi connectivity index (χ0) is 9.80. The average molecular weight is 195 g/mol. The molecule has 0 radical (unpaired) electrons. The zero-order valence-corrected chi connectivity index (χ0v) is 8.61. The van der Waals surface area contributed by atoms with E-state index in [1.165, 1.54) is 12.8 Å². The van der Waals surface area contributed by atoms with E-state index in [0.29, 0.717) is 6.04 Å². The van der Waals surface area contributed by atoms with Gasteiger partial charge in [-0.25, -0.2) is 4.68 Å². The molecule has 1 saturated heterocycles. The number of aryl methyl sites for hydroxylation is 1. The van der Waals surface area contributed by atoms with Crippen molar-refractivity contribution in [3.05, 3.63) is 5.82 Å². The molecule has 2 heterocycles. The first-order valence-corrected chi connectivity index (χ1v) is 5.38. The van der Waals surface area contributed by atoms with Crippen LogP contribution in [0.25, 0.3) is 0 Å². The highest BCUT2D eigenvalue weighted by Gasteiger charge is 2.17. The summed E-state index contributed by atoms with van der Waals surface area (Å²) < 4.78 is 1.92. The fourth-order valence-corrected chi connectivity index (χ4v) is 1.91. The van der Waals surface area contributed by atoms with E-state index >= 15 is 0 Å². The highest BCUT2D eigenvalue weighted by atomic mass is 15.5. The van der Waals surface area contributed by atoms with Crippen molar-refractivity contribution in [2.75, 3.05) is 6.54 Å². The van der Waals surface area contributed by atoms with E-state index in [2.05, 4.69) is 27.8 Å². The maximum atomic E-state index is 4.06. The standard InChI is InChI=1S/C9H17N5/c1-2-6-14-9(11-12-13-14)7-8-4-3-5-10-8/h8,10H,2-7H2,1H3. The molecule has 1 fully saturated rings. The van der Waals surface area contributed by atoms with Crippen LogP contribution in [0.3, 0.4) is 0 Å². The number of hydrogen-bond acceptors (Lipinski definition) is 4. The number of tetrazole rings is 1.